The second kappa shape index (κ2) is 19.3. The van der Waals surface area contributed by atoms with Gasteiger partial charge in [-0.05, 0) is 66.8 Å². The number of fused-ring (bicyclic) bond motifs is 1. The van der Waals surface area contributed by atoms with E-state index in [9.17, 15) is 24.3 Å². The molecule has 0 aliphatic carbocycles. The monoisotopic (exact) mass is 690 g/mol. The smallest absolute Gasteiger partial charge is 0.326 e. The first kappa shape index (κ1) is 38.7. The number of hydrogen-bond acceptors (Lipinski definition) is 8. The van der Waals surface area contributed by atoms with E-state index in [1.807, 2.05) is 32.9 Å². The van der Waals surface area contributed by atoms with Gasteiger partial charge in [-0.25, -0.2) is 9.79 Å². The Kier molecular flexibility index (Phi) is 14.9. The summed E-state index contributed by atoms with van der Waals surface area (Å²) in [5.41, 5.74) is 1.54. The average Bonchev–Trinajstić information content (AvgIpc) is 3.56. The lowest BCUT2D eigenvalue weighted by Gasteiger charge is -2.24. The second-order valence-corrected chi connectivity index (χ2v) is 11.7. The summed E-state index contributed by atoms with van der Waals surface area (Å²) in [5.74, 6) is -0.525. The minimum atomic E-state index is -1.11. The molecule has 0 saturated heterocycles. The number of allylic oxidation sites excluding steroid dienone is 2. The predicted octanol–water partition coefficient (Wildman–Crippen LogP) is 4.73. The molecule has 1 aliphatic heterocycles. The number of carboxylic acids is 1. The molecule has 2 atom stereocenters. The molecule has 1 aliphatic rings. The Hall–Kier alpha value is -5.79. The minimum Gasteiger partial charge on any atom is -0.484 e. The number of aliphatic imine (C=N–C) groups is 1. The highest BCUT2D eigenvalue weighted by atomic mass is 16.7. The highest BCUT2D eigenvalue weighted by Crippen LogP contribution is 2.35. The topological polar surface area (TPSA) is 180 Å². The minimum absolute atomic E-state index is 0.0362. The third-order valence-corrected chi connectivity index (χ3v) is 7.29. The number of hydrogen-bond donors (Lipinski definition) is 5. The van der Waals surface area contributed by atoms with Gasteiger partial charge in [0.1, 0.15) is 11.8 Å². The molecule has 0 aromatic heterocycles. The van der Waals surface area contributed by atoms with Crippen molar-refractivity contribution in [1.82, 2.24) is 20.9 Å². The van der Waals surface area contributed by atoms with Crippen molar-refractivity contribution in [1.29, 1.82) is 0 Å². The number of anilines is 1. The van der Waals surface area contributed by atoms with Crippen LogP contribution in [0.15, 0.2) is 84.5 Å². The summed E-state index contributed by atoms with van der Waals surface area (Å²) in [6.45, 7) is 13.5. The number of urea groups is 1. The van der Waals surface area contributed by atoms with Gasteiger partial charge in [0.15, 0.2) is 18.1 Å². The summed E-state index contributed by atoms with van der Waals surface area (Å²) >= 11 is 0. The Labute approximate surface area is 292 Å². The zero-order valence-electron chi connectivity index (χ0n) is 28.9. The van der Waals surface area contributed by atoms with Gasteiger partial charge < -0.3 is 40.2 Å². The summed E-state index contributed by atoms with van der Waals surface area (Å²) in [6.07, 6.45) is 6.21. The Morgan fingerprint density at radius 1 is 1.06 bits per heavy atom. The Balaban J connectivity index is 1.58. The molecule has 0 bridgehead atoms. The molecule has 0 radical (unpaired) electrons. The maximum absolute atomic E-state index is 13.4. The molecule has 2 aromatic carbocycles. The average molecular weight is 691 g/mol. The number of amides is 4. The summed E-state index contributed by atoms with van der Waals surface area (Å²) in [7, 11) is 1.71. The number of aliphatic carboxylic acids is 1. The van der Waals surface area contributed by atoms with Gasteiger partial charge in [0, 0.05) is 18.4 Å². The molecule has 0 fully saturated rings. The molecule has 50 heavy (non-hydrogen) atoms. The van der Waals surface area contributed by atoms with Crippen LogP contribution in [0.4, 0.5) is 10.5 Å². The molecule has 2 aromatic rings. The highest BCUT2D eigenvalue weighted by Gasteiger charge is 2.27. The van der Waals surface area contributed by atoms with Gasteiger partial charge in [-0.15, -0.1) is 0 Å². The van der Waals surface area contributed by atoms with Gasteiger partial charge in [0.05, 0.1) is 19.0 Å². The standard InChI is InChI=1S/C36H46N6O8/c1-7-9-10-17-37-35(42(6)24(5)8-2)41-36(47)38-26-12-14-27(15-13-26)48-21-32(43)39-29(18-23(3)4)34(46)40-28(20-33(44)45)25-11-16-30-31(19-25)50-22-49-30/h8-16,19,23,28-29H,2,5,7,17-18,20-22H2,1,3-4,6H3,(H,39,43)(H,40,46)(H,44,45)(H2,37,38,41,47)/b10-9+. The molecule has 4 amide bonds. The normalized spacial score (nSPS) is 13.3. The van der Waals surface area contributed by atoms with Crippen LogP contribution in [0.5, 0.6) is 17.2 Å². The molecule has 14 heteroatoms. The number of carboxylic acid groups (broad SMARTS) is 1. The lowest BCUT2D eigenvalue weighted by molar-refractivity contribution is -0.138. The predicted molar refractivity (Wildman–Crippen MR) is 190 cm³/mol. The van der Waals surface area contributed by atoms with Gasteiger partial charge in [-0.2, -0.15) is 0 Å². The van der Waals surface area contributed by atoms with Crippen molar-refractivity contribution in [3.05, 3.63) is 85.1 Å². The van der Waals surface area contributed by atoms with E-state index < -0.39 is 35.9 Å². The van der Waals surface area contributed by atoms with Crippen molar-refractivity contribution in [3.63, 3.8) is 0 Å². The van der Waals surface area contributed by atoms with Crippen LogP contribution in [0.25, 0.3) is 0 Å². The maximum atomic E-state index is 13.4. The van der Waals surface area contributed by atoms with E-state index in [2.05, 4.69) is 39.4 Å². The molecule has 3 rings (SSSR count). The summed E-state index contributed by atoms with van der Waals surface area (Å²) < 4.78 is 16.4. The number of carbonyl (C=O) groups is 4. The summed E-state index contributed by atoms with van der Waals surface area (Å²) in [6, 6.07) is 8.98. The Bertz CT molecular complexity index is 1590. The van der Waals surface area contributed by atoms with E-state index in [0.29, 0.717) is 47.2 Å². The van der Waals surface area contributed by atoms with E-state index in [1.54, 1.807) is 60.5 Å². The van der Waals surface area contributed by atoms with Crippen LogP contribution in [-0.2, 0) is 14.4 Å². The fourth-order valence-electron chi connectivity index (χ4n) is 4.70. The highest BCUT2D eigenvalue weighted by molar-refractivity contribution is 6.03. The van der Waals surface area contributed by atoms with Gasteiger partial charge in [-0.1, -0.05) is 52.1 Å². The van der Waals surface area contributed by atoms with Crippen LogP contribution in [0, 0.1) is 5.92 Å². The molecule has 1 heterocycles. The van der Waals surface area contributed by atoms with Crippen LogP contribution in [0.2, 0.25) is 0 Å². The van der Waals surface area contributed by atoms with Gasteiger partial charge in [0.25, 0.3) is 5.91 Å². The third-order valence-electron chi connectivity index (χ3n) is 7.29. The Morgan fingerprint density at radius 2 is 1.78 bits per heavy atom. The van der Waals surface area contributed by atoms with Crippen LogP contribution in [-0.4, -0.2) is 72.8 Å². The molecule has 5 N–H and O–H groups in total. The summed E-state index contributed by atoms with van der Waals surface area (Å²) in [4.78, 5) is 56.7. The third kappa shape index (κ3) is 12.3. The first-order valence-electron chi connectivity index (χ1n) is 16.2. The number of benzene rings is 2. The van der Waals surface area contributed by atoms with Gasteiger partial charge in [-0.3, -0.25) is 19.7 Å². The van der Waals surface area contributed by atoms with E-state index in [4.69, 9.17) is 14.2 Å². The molecular weight excluding hydrogens is 644 g/mol. The molecule has 14 nitrogen and oxygen atoms in total. The fraction of sp³-hybridized carbons (Fsp3) is 0.361. The number of carbonyl (C=O) groups excluding carboxylic acids is 3. The quantitative estimate of drug-likeness (QED) is 0.0679. The number of likely N-dealkylation sites (N-methyl/N-ethyl adjacent to an activating group) is 1. The molecule has 0 saturated carbocycles. The lowest BCUT2D eigenvalue weighted by atomic mass is 10.00. The number of guanidine groups is 1. The van der Waals surface area contributed by atoms with Crippen LogP contribution >= 0.6 is 0 Å². The van der Waals surface area contributed by atoms with E-state index in [1.165, 1.54) is 0 Å². The number of nitrogens with one attached hydrogen (secondary N) is 4. The number of ether oxygens (including phenoxy) is 3. The molecular formula is C36H46N6O8. The van der Waals surface area contributed by atoms with Crippen molar-refractivity contribution in [3.8, 4) is 17.2 Å². The van der Waals surface area contributed by atoms with Crippen molar-refractivity contribution in [2.45, 2.75) is 52.1 Å². The van der Waals surface area contributed by atoms with Gasteiger partial charge >= 0.3 is 12.0 Å². The first-order valence-corrected chi connectivity index (χ1v) is 16.2. The van der Waals surface area contributed by atoms with Gasteiger partial charge in [0.2, 0.25) is 18.7 Å². The van der Waals surface area contributed by atoms with E-state index in [0.717, 1.165) is 6.42 Å². The molecule has 268 valence electrons. The molecule has 2 unspecified atom stereocenters. The first-order chi connectivity index (χ1) is 23.9. The second-order valence-electron chi connectivity index (χ2n) is 11.7. The maximum Gasteiger partial charge on any atom is 0.326 e. The largest absolute Gasteiger partial charge is 0.484 e. The number of rotatable bonds is 17. The van der Waals surface area contributed by atoms with E-state index >= 15 is 0 Å². The summed E-state index contributed by atoms with van der Waals surface area (Å²) in [5, 5.41) is 20.4. The van der Waals surface area contributed by atoms with Crippen LogP contribution in [0.1, 0.15) is 51.6 Å². The Morgan fingerprint density at radius 3 is 2.44 bits per heavy atom. The SMILES string of the molecule is C=CC(=C)N(C)C(=NC/C=C/CC)NC(=O)Nc1ccc(OCC(=O)NC(CC(C)C)C(=O)NC(CC(=O)O)c2ccc3c(c2)OCO3)cc1. The van der Waals surface area contributed by atoms with Crippen LogP contribution in [0.3, 0.4) is 0 Å². The van der Waals surface area contributed by atoms with Crippen molar-refractivity contribution >= 4 is 35.5 Å². The fourth-order valence-corrected chi connectivity index (χ4v) is 4.70. The molecule has 0 spiro atoms. The van der Waals surface area contributed by atoms with Crippen LogP contribution < -0.4 is 35.5 Å². The zero-order chi connectivity index (χ0) is 36.6. The number of nitrogens with zero attached hydrogens (tertiary/aromatic N) is 2. The van der Waals surface area contributed by atoms with Crippen molar-refractivity contribution in [2.75, 3.05) is 32.3 Å². The lowest BCUT2D eigenvalue weighted by Crippen LogP contribution is -2.49. The zero-order valence-corrected chi connectivity index (χ0v) is 28.9. The van der Waals surface area contributed by atoms with Crippen molar-refractivity contribution < 1.29 is 38.5 Å². The van der Waals surface area contributed by atoms with E-state index in [-0.39, 0.29) is 31.7 Å². The van der Waals surface area contributed by atoms with Crippen molar-refractivity contribution in [2.24, 2.45) is 10.9 Å².